The maximum absolute atomic E-state index is 3.22. The molecule has 0 aromatic heterocycles. The van der Waals surface area contributed by atoms with Gasteiger partial charge in [0, 0.05) is 12.3 Å². The molecule has 1 aliphatic rings. The Balaban J connectivity index is 2.48. The van der Waals surface area contributed by atoms with E-state index < -0.39 is 0 Å². The molecule has 0 radical (unpaired) electrons. The van der Waals surface area contributed by atoms with Crippen molar-refractivity contribution >= 4 is 0 Å². The predicted molar refractivity (Wildman–Crippen MR) is 44.5 cm³/mol. The molecule has 0 saturated carbocycles. The highest BCUT2D eigenvalue weighted by atomic mass is 14.2. The Morgan fingerprint density at radius 2 is 2.10 bits per heavy atom. The van der Waals surface area contributed by atoms with Gasteiger partial charge >= 0.3 is 0 Å². The summed E-state index contributed by atoms with van der Waals surface area (Å²) in [6.45, 7) is 6.82. The topological polar surface area (TPSA) is 0 Å². The molecular formula is C10H16. The lowest BCUT2D eigenvalue weighted by molar-refractivity contribution is 0.332. The van der Waals surface area contributed by atoms with E-state index in [1.807, 2.05) is 0 Å². The fourth-order valence-corrected chi connectivity index (χ4v) is 1.47. The van der Waals surface area contributed by atoms with Gasteiger partial charge in [0.1, 0.15) is 0 Å². The summed E-state index contributed by atoms with van der Waals surface area (Å²) in [5.41, 5.74) is 0. The van der Waals surface area contributed by atoms with Crippen molar-refractivity contribution in [2.24, 2.45) is 17.8 Å². The van der Waals surface area contributed by atoms with E-state index >= 15 is 0 Å². The molecule has 0 fully saturated rings. The third-order valence-electron chi connectivity index (χ3n) is 2.31. The molecule has 0 bridgehead atoms. The first-order chi connectivity index (χ1) is 4.70. The van der Waals surface area contributed by atoms with Crippen molar-refractivity contribution in [3.63, 3.8) is 0 Å². The maximum atomic E-state index is 3.22. The third kappa shape index (κ3) is 1.77. The summed E-state index contributed by atoms with van der Waals surface area (Å²) < 4.78 is 0. The second kappa shape index (κ2) is 3.10. The molecule has 10 heavy (non-hydrogen) atoms. The lowest BCUT2D eigenvalue weighted by Gasteiger charge is -2.22. The molecule has 0 spiro atoms. The SMILES string of the molecule is CC1C#CCC(C(C)C)C1. The molecular weight excluding hydrogens is 120 g/mol. The highest BCUT2D eigenvalue weighted by molar-refractivity contribution is 5.08. The van der Waals surface area contributed by atoms with E-state index in [2.05, 4.69) is 32.6 Å². The van der Waals surface area contributed by atoms with Crippen LogP contribution in [0.25, 0.3) is 0 Å². The van der Waals surface area contributed by atoms with E-state index in [1.165, 1.54) is 6.42 Å². The molecule has 0 aliphatic heterocycles. The molecule has 2 unspecified atom stereocenters. The summed E-state index contributed by atoms with van der Waals surface area (Å²) >= 11 is 0. The van der Waals surface area contributed by atoms with Crippen LogP contribution in [-0.4, -0.2) is 0 Å². The van der Waals surface area contributed by atoms with Crippen molar-refractivity contribution in [1.82, 2.24) is 0 Å². The van der Waals surface area contributed by atoms with Crippen molar-refractivity contribution in [2.45, 2.75) is 33.6 Å². The molecule has 56 valence electrons. The minimum atomic E-state index is 0.640. The summed E-state index contributed by atoms with van der Waals surface area (Å²) in [6.07, 6.45) is 2.44. The Morgan fingerprint density at radius 1 is 1.40 bits per heavy atom. The second-order valence-corrected chi connectivity index (χ2v) is 3.67. The van der Waals surface area contributed by atoms with Crippen molar-refractivity contribution in [3.8, 4) is 11.8 Å². The predicted octanol–water partition coefficient (Wildman–Crippen LogP) is 2.69. The van der Waals surface area contributed by atoms with Crippen molar-refractivity contribution in [2.75, 3.05) is 0 Å². The van der Waals surface area contributed by atoms with Gasteiger partial charge in [-0.1, -0.05) is 20.8 Å². The van der Waals surface area contributed by atoms with Gasteiger partial charge in [-0.05, 0) is 18.3 Å². The van der Waals surface area contributed by atoms with Crippen LogP contribution in [0, 0.1) is 29.6 Å². The number of hydrogen-bond donors (Lipinski definition) is 0. The molecule has 1 aliphatic carbocycles. The van der Waals surface area contributed by atoms with Gasteiger partial charge in [-0.3, -0.25) is 0 Å². The van der Waals surface area contributed by atoms with E-state index in [0.29, 0.717) is 5.92 Å². The molecule has 0 amide bonds. The van der Waals surface area contributed by atoms with Gasteiger partial charge in [0.05, 0.1) is 0 Å². The average molecular weight is 136 g/mol. The summed E-state index contributed by atoms with van der Waals surface area (Å²) in [6, 6.07) is 0. The van der Waals surface area contributed by atoms with Crippen LogP contribution >= 0.6 is 0 Å². The van der Waals surface area contributed by atoms with Crippen LogP contribution in [0.2, 0.25) is 0 Å². The Hall–Kier alpha value is -0.440. The largest absolute Gasteiger partial charge is 0.103 e. The average Bonchev–Trinajstić information content (AvgIpc) is 1.88. The number of rotatable bonds is 1. The Labute approximate surface area is 64.0 Å². The second-order valence-electron chi connectivity index (χ2n) is 3.67. The minimum Gasteiger partial charge on any atom is -0.103 e. The zero-order valence-corrected chi connectivity index (χ0v) is 7.15. The highest BCUT2D eigenvalue weighted by Crippen LogP contribution is 2.25. The van der Waals surface area contributed by atoms with Gasteiger partial charge in [-0.2, -0.15) is 0 Å². The van der Waals surface area contributed by atoms with E-state index in [0.717, 1.165) is 18.3 Å². The summed E-state index contributed by atoms with van der Waals surface area (Å²) in [5.74, 6) is 8.75. The van der Waals surface area contributed by atoms with Crippen LogP contribution in [0.5, 0.6) is 0 Å². The first-order valence-corrected chi connectivity index (χ1v) is 4.18. The van der Waals surface area contributed by atoms with E-state index in [-0.39, 0.29) is 0 Å². The molecule has 0 N–H and O–H groups in total. The summed E-state index contributed by atoms with van der Waals surface area (Å²) in [4.78, 5) is 0. The smallest absolute Gasteiger partial charge is 0.0177 e. The Kier molecular flexibility index (Phi) is 2.38. The van der Waals surface area contributed by atoms with Crippen molar-refractivity contribution < 1.29 is 0 Å². The highest BCUT2D eigenvalue weighted by Gasteiger charge is 2.17. The number of hydrogen-bond acceptors (Lipinski definition) is 0. The minimum absolute atomic E-state index is 0.640. The summed E-state index contributed by atoms with van der Waals surface area (Å²) in [7, 11) is 0. The van der Waals surface area contributed by atoms with Crippen molar-refractivity contribution in [3.05, 3.63) is 0 Å². The van der Waals surface area contributed by atoms with Crippen LogP contribution in [-0.2, 0) is 0 Å². The van der Waals surface area contributed by atoms with Gasteiger partial charge in [0.2, 0.25) is 0 Å². The first-order valence-electron chi connectivity index (χ1n) is 4.18. The van der Waals surface area contributed by atoms with Crippen LogP contribution in [0.15, 0.2) is 0 Å². The lowest BCUT2D eigenvalue weighted by Crippen LogP contribution is -2.14. The third-order valence-corrected chi connectivity index (χ3v) is 2.31. The molecule has 0 aromatic carbocycles. The monoisotopic (exact) mass is 136 g/mol. The van der Waals surface area contributed by atoms with E-state index in [4.69, 9.17) is 0 Å². The van der Waals surface area contributed by atoms with Crippen molar-refractivity contribution in [1.29, 1.82) is 0 Å². The van der Waals surface area contributed by atoms with E-state index in [9.17, 15) is 0 Å². The molecule has 0 aromatic rings. The van der Waals surface area contributed by atoms with Crippen LogP contribution in [0.3, 0.4) is 0 Å². The zero-order chi connectivity index (χ0) is 7.56. The van der Waals surface area contributed by atoms with Crippen LogP contribution in [0.1, 0.15) is 33.6 Å². The molecule has 0 heterocycles. The lowest BCUT2D eigenvalue weighted by atomic mass is 9.82. The van der Waals surface area contributed by atoms with Gasteiger partial charge < -0.3 is 0 Å². The van der Waals surface area contributed by atoms with Gasteiger partial charge in [-0.15, -0.1) is 11.8 Å². The Morgan fingerprint density at radius 3 is 2.50 bits per heavy atom. The first kappa shape index (κ1) is 7.66. The van der Waals surface area contributed by atoms with Crippen LogP contribution in [0.4, 0.5) is 0 Å². The molecule has 1 rings (SSSR count). The van der Waals surface area contributed by atoms with Crippen LogP contribution < -0.4 is 0 Å². The molecule has 2 atom stereocenters. The van der Waals surface area contributed by atoms with Gasteiger partial charge in [-0.25, -0.2) is 0 Å². The molecule has 0 heteroatoms. The normalized spacial score (nSPS) is 31.6. The standard InChI is InChI=1S/C10H16/c1-8(2)10-6-4-5-9(3)7-10/h8-10H,6-7H2,1-3H3. The fourth-order valence-electron chi connectivity index (χ4n) is 1.47. The summed E-state index contributed by atoms with van der Waals surface area (Å²) in [5, 5.41) is 0. The quantitative estimate of drug-likeness (QED) is 0.486. The Bertz CT molecular complexity index is 157. The van der Waals surface area contributed by atoms with E-state index in [1.54, 1.807) is 0 Å². The zero-order valence-electron chi connectivity index (χ0n) is 7.15. The molecule has 0 nitrogen and oxygen atoms in total. The fraction of sp³-hybridized carbons (Fsp3) is 0.800. The van der Waals surface area contributed by atoms with Gasteiger partial charge in [0.15, 0.2) is 0 Å². The molecule has 0 saturated heterocycles. The van der Waals surface area contributed by atoms with Gasteiger partial charge in [0.25, 0.3) is 0 Å². The maximum Gasteiger partial charge on any atom is 0.0177 e.